The molecule has 1 aliphatic heterocycles. The number of rotatable bonds is 6. The van der Waals surface area contributed by atoms with Gasteiger partial charge in [-0.15, -0.1) is 0 Å². The summed E-state index contributed by atoms with van der Waals surface area (Å²) in [7, 11) is 0. The molecule has 0 atom stereocenters. The van der Waals surface area contributed by atoms with Crippen molar-refractivity contribution in [2.75, 3.05) is 18.0 Å². The van der Waals surface area contributed by atoms with Gasteiger partial charge in [-0.3, -0.25) is 28.9 Å². The van der Waals surface area contributed by atoms with Crippen molar-refractivity contribution in [1.29, 1.82) is 0 Å². The lowest BCUT2D eigenvalue weighted by Crippen LogP contribution is -2.44. The Morgan fingerprint density at radius 1 is 1.06 bits per heavy atom. The molecule has 0 unspecified atom stereocenters. The zero-order valence-electron chi connectivity index (χ0n) is 19.4. The number of fused-ring (bicyclic) bond motifs is 2. The van der Waals surface area contributed by atoms with Gasteiger partial charge in [0.05, 0.1) is 33.6 Å². The fourth-order valence-corrected chi connectivity index (χ4v) is 5.45. The molecule has 0 N–H and O–H groups in total. The number of hydrogen-bond acceptors (Lipinski definition) is 6. The number of anilines is 1. The van der Waals surface area contributed by atoms with E-state index in [2.05, 4.69) is 5.10 Å². The van der Waals surface area contributed by atoms with Crippen molar-refractivity contribution in [1.82, 2.24) is 19.7 Å². The highest BCUT2D eigenvalue weighted by molar-refractivity contribution is 7.22. The SMILES string of the molecule is Cc1cc(C)n(CCN(C(=O)CN2C(=O)c3ccccc3C2=O)c2nc3c(C)c(Cl)ccc3s2)n1. The van der Waals surface area contributed by atoms with Crippen LogP contribution in [0.15, 0.2) is 42.5 Å². The number of nitrogens with zero attached hydrogens (tertiary/aromatic N) is 5. The molecule has 2 aromatic heterocycles. The van der Waals surface area contributed by atoms with E-state index in [0.29, 0.717) is 27.8 Å². The summed E-state index contributed by atoms with van der Waals surface area (Å²) in [4.78, 5) is 46.5. The van der Waals surface area contributed by atoms with E-state index in [0.717, 1.165) is 32.1 Å². The molecule has 0 aliphatic carbocycles. The van der Waals surface area contributed by atoms with Gasteiger partial charge in [-0.1, -0.05) is 35.1 Å². The van der Waals surface area contributed by atoms with Gasteiger partial charge in [0.15, 0.2) is 5.13 Å². The lowest BCUT2D eigenvalue weighted by molar-refractivity contribution is -0.119. The molecule has 8 nitrogen and oxygen atoms in total. The minimum atomic E-state index is -0.468. The Morgan fingerprint density at radius 3 is 2.37 bits per heavy atom. The van der Waals surface area contributed by atoms with Crippen molar-refractivity contribution in [2.24, 2.45) is 0 Å². The molecule has 35 heavy (non-hydrogen) atoms. The highest BCUT2D eigenvalue weighted by Crippen LogP contribution is 2.34. The molecule has 3 heterocycles. The Morgan fingerprint density at radius 2 is 1.74 bits per heavy atom. The van der Waals surface area contributed by atoms with Crippen molar-refractivity contribution < 1.29 is 14.4 Å². The van der Waals surface area contributed by atoms with Crippen LogP contribution in [-0.2, 0) is 11.3 Å². The molecule has 2 aromatic carbocycles. The molecule has 0 saturated carbocycles. The van der Waals surface area contributed by atoms with Crippen molar-refractivity contribution in [3.05, 3.63) is 75.6 Å². The summed E-state index contributed by atoms with van der Waals surface area (Å²) in [5.74, 6) is -1.34. The van der Waals surface area contributed by atoms with Crippen molar-refractivity contribution in [3.8, 4) is 0 Å². The van der Waals surface area contributed by atoms with Crippen molar-refractivity contribution >= 4 is 56.0 Å². The average Bonchev–Trinajstić information content (AvgIpc) is 3.48. The highest BCUT2D eigenvalue weighted by Gasteiger charge is 2.37. The second-order valence-corrected chi connectivity index (χ2v) is 9.87. The molecular weight excluding hydrogens is 486 g/mol. The number of halogens is 1. The standard InChI is InChI=1S/C25H22ClN5O3S/c1-14-12-15(2)31(28-14)11-10-29(25-27-22-16(3)19(26)8-9-20(22)35-25)21(32)13-30-23(33)17-6-4-5-7-18(17)24(30)34/h4-9,12H,10-11,13H2,1-3H3. The summed E-state index contributed by atoms with van der Waals surface area (Å²) in [5.41, 5.74) is 4.04. The Bertz CT molecular complexity index is 1470. The first-order valence-corrected chi connectivity index (χ1v) is 12.3. The largest absolute Gasteiger partial charge is 0.285 e. The van der Waals surface area contributed by atoms with E-state index < -0.39 is 17.7 Å². The number of benzene rings is 2. The Labute approximate surface area is 210 Å². The molecule has 0 bridgehead atoms. The molecule has 3 amide bonds. The second-order valence-electron chi connectivity index (χ2n) is 8.45. The van der Waals surface area contributed by atoms with Gasteiger partial charge in [0.1, 0.15) is 6.54 Å². The minimum Gasteiger partial charge on any atom is -0.285 e. The summed E-state index contributed by atoms with van der Waals surface area (Å²) < 4.78 is 2.72. The van der Waals surface area contributed by atoms with Gasteiger partial charge in [0.25, 0.3) is 11.8 Å². The zero-order chi connectivity index (χ0) is 24.9. The van der Waals surface area contributed by atoms with Crippen molar-refractivity contribution in [2.45, 2.75) is 27.3 Å². The topological polar surface area (TPSA) is 88.4 Å². The fourth-order valence-electron chi connectivity index (χ4n) is 4.23. The van der Waals surface area contributed by atoms with Crippen LogP contribution in [0.1, 0.15) is 37.7 Å². The van der Waals surface area contributed by atoms with Crippen molar-refractivity contribution in [3.63, 3.8) is 0 Å². The fraction of sp³-hybridized carbons (Fsp3) is 0.240. The predicted octanol–water partition coefficient (Wildman–Crippen LogP) is 4.40. The van der Waals surface area contributed by atoms with Gasteiger partial charge >= 0.3 is 0 Å². The van der Waals surface area contributed by atoms with E-state index in [1.807, 2.05) is 43.7 Å². The van der Waals surface area contributed by atoms with Crippen LogP contribution < -0.4 is 4.90 Å². The number of aryl methyl sites for hydroxylation is 3. The third-order valence-corrected chi connectivity index (χ3v) is 7.53. The van der Waals surface area contributed by atoms with Gasteiger partial charge in [0, 0.05) is 17.3 Å². The second kappa shape index (κ2) is 8.90. The Hall–Kier alpha value is -3.56. The van der Waals surface area contributed by atoms with Crippen LogP contribution >= 0.6 is 22.9 Å². The number of aromatic nitrogens is 3. The maximum Gasteiger partial charge on any atom is 0.262 e. The molecule has 178 valence electrons. The van der Waals surface area contributed by atoms with Crippen LogP contribution in [-0.4, -0.2) is 50.5 Å². The first-order valence-electron chi connectivity index (χ1n) is 11.1. The van der Waals surface area contributed by atoms with Gasteiger partial charge in [-0.25, -0.2) is 4.98 Å². The number of hydrogen-bond donors (Lipinski definition) is 0. The lowest BCUT2D eigenvalue weighted by atomic mass is 10.1. The quantitative estimate of drug-likeness (QED) is 0.361. The molecule has 4 aromatic rings. The highest BCUT2D eigenvalue weighted by atomic mass is 35.5. The first kappa shape index (κ1) is 23.2. The maximum atomic E-state index is 13.6. The van der Waals surface area contributed by atoms with Crippen LogP contribution in [0.3, 0.4) is 0 Å². The van der Waals surface area contributed by atoms with Crippen LogP contribution in [0.25, 0.3) is 10.2 Å². The third kappa shape index (κ3) is 4.11. The van der Waals surface area contributed by atoms with Gasteiger partial charge in [0.2, 0.25) is 5.91 Å². The zero-order valence-corrected chi connectivity index (χ0v) is 21.0. The number of amides is 3. The summed E-state index contributed by atoms with van der Waals surface area (Å²) in [6.07, 6.45) is 0. The molecule has 0 radical (unpaired) electrons. The summed E-state index contributed by atoms with van der Waals surface area (Å²) in [6, 6.07) is 12.2. The summed E-state index contributed by atoms with van der Waals surface area (Å²) in [6.45, 7) is 6.08. The predicted molar refractivity (Wildman–Crippen MR) is 135 cm³/mol. The van der Waals surface area contributed by atoms with E-state index in [-0.39, 0.29) is 13.1 Å². The molecule has 1 aliphatic rings. The molecule has 0 saturated heterocycles. The lowest BCUT2D eigenvalue weighted by Gasteiger charge is -2.23. The van der Waals surface area contributed by atoms with Gasteiger partial charge < -0.3 is 0 Å². The van der Waals surface area contributed by atoms with Crippen LogP contribution in [0.5, 0.6) is 0 Å². The van der Waals surface area contributed by atoms with Gasteiger partial charge in [-0.05, 0) is 56.7 Å². The molecule has 5 rings (SSSR count). The maximum absolute atomic E-state index is 13.6. The van der Waals surface area contributed by atoms with E-state index in [9.17, 15) is 14.4 Å². The normalized spacial score (nSPS) is 13.1. The Kier molecular flexibility index (Phi) is 5.90. The molecule has 10 heteroatoms. The number of thiazole rings is 1. The molecular formula is C25H22ClN5O3S. The first-order chi connectivity index (χ1) is 16.7. The smallest absolute Gasteiger partial charge is 0.262 e. The molecule has 0 fully saturated rings. The van der Waals surface area contributed by atoms with E-state index in [1.165, 1.54) is 16.2 Å². The summed E-state index contributed by atoms with van der Waals surface area (Å²) in [5, 5.41) is 5.56. The number of carbonyl (C=O) groups is 3. The van der Waals surface area contributed by atoms with Crippen LogP contribution in [0, 0.1) is 20.8 Å². The monoisotopic (exact) mass is 507 g/mol. The number of carbonyl (C=O) groups excluding carboxylic acids is 3. The van der Waals surface area contributed by atoms with E-state index >= 15 is 0 Å². The Balaban J connectivity index is 1.47. The van der Waals surface area contributed by atoms with Crippen LogP contribution in [0.2, 0.25) is 5.02 Å². The number of imide groups is 1. The molecule has 0 spiro atoms. The van der Waals surface area contributed by atoms with Crippen LogP contribution in [0.4, 0.5) is 5.13 Å². The minimum absolute atomic E-state index is 0.274. The average molecular weight is 508 g/mol. The van der Waals surface area contributed by atoms with E-state index in [4.69, 9.17) is 16.6 Å². The van der Waals surface area contributed by atoms with Gasteiger partial charge in [-0.2, -0.15) is 5.10 Å². The third-order valence-electron chi connectivity index (χ3n) is 6.08. The summed E-state index contributed by atoms with van der Waals surface area (Å²) >= 11 is 7.65. The van der Waals surface area contributed by atoms with E-state index in [1.54, 1.807) is 24.3 Å².